The molecule has 1 atom stereocenters. The van der Waals surface area contributed by atoms with Crippen molar-refractivity contribution in [3.8, 4) is 0 Å². The first kappa shape index (κ1) is 13.0. The largest absolute Gasteiger partial charge is 0.393 e. The third-order valence-electron chi connectivity index (χ3n) is 3.68. The first-order valence-corrected chi connectivity index (χ1v) is 6.53. The average molecular weight is 214 g/mol. The molecule has 1 saturated carbocycles. The minimum absolute atomic E-state index is 0.0660. The van der Waals surface area contributed by atoms with Crippen molar-refractivity contribution in [2.45, 2.75) is 70.3 Å². The van der Waals surface area contributed by atoms with Crippen LogP contribution in [0.1, 0.15) is 64.7 Å². The summed E-state index contributed by atoms with van der Waals surface area (Å²) in [7, 11) is 0. The maximum atomic E-state index is 10.3. The maximum absolute atomic E-state index is 10.3. The summed E-state index contributed by atoms with van der Waals surface area (Å²) in [6.45, 7) is 2.06. The quantitative estimate of drug-likeness (QED) is 0.713. The van der Waals surface area contributed by atoms with Crippen molar-refractivity contribution >= 4 is 0 Å². The Morgan fingerprint density at radius 2 is 1.87 bits per heavy atom. The summed E-state index contributed by atoms with van der Waals surface area (Å²) >= 11 is 0. The van der Waals surface area contributed by atoms with Crippen LogP contribution < -0.4 is 0 Å². The molecule has 2 heteroatoms. The Bertz CT molecular complexity index is 164. The lowest BCUT2D eigenvalue weighted by molar-refractivity contribution is -0.0443. The Morgan fingerprint density at radius 1 is 1.20 bits per heavy atom. The summed E-state index contributed by atoms with van der Waals surface area (Å²) < 4.78 is 0. The molecule has 1 aliphatic carbocycles. The van der Waals surface area contributed by atoms with E-state index < -0.39 is 5.60 Å². The molecule has 1 aliphatic rings. The van der Waals surface area contributed by atoms with Gasteiger partial charge in [0.15, 0.2) is 0 Å². The van der Waals surface area contributed by atoms with Gasteiger partial charge >= 0.3 is 0 Å². The van der Waals surface area contributed by atoms with Crippen molar-refractivity contribution in [3.05, 3.63) is 0 Å². The van der Waals surface area contributed by atoms with E-state index in [9.17, 15) is 10.2 Å². The van der Waals surface area contributed by atoms with E-state index >= 15 is 0 Å². The number of hydrogen-bond donors (Lipinski definition) is 2. The van der Waals surface area contributed by atoms with Crippen LogP contribution in [0.2, 0.25) is 0 Å². The topological polar surface area (TPSA) is 40.5 Å². The molecular weight excluding hydrogens is 188 g/mol. The third kappa shape index (κ3) is 4.52. The second-order valence-corrected chi connectivity index (χ2v) is 5.19. The minimum Gasteiger partial charge on any atom is -0.393 e. The Morgan fingerprint density at radius 3 is 2.40 bits per heavy atom. The molecule has 1 rings (SSSR count). The van der Waals surface area contributed by atoms with Gasteiger partial charge in [-0.05, 0) is 18.8 Å². The van der Waals surface area contributed by atoms with E-state index in [-0.39, 0.29) is 6.61 Å². The highest BCUT2D eigenvalue weighted by Gasteiger charge is 2.29. The lowest BCUT2D eigenvalue weighted by Crippen LogP contribution is -2.36. The van der Waals surface area contributed by atoms with Crippen molar-refractivity contribution < 1.29 is 10.2 Å². The van der Waals surface area contributed by atoms with Gasteiger partial charge in [-0.25, -0.2) is 0 Å². The van der Waals surface area contributed by atoms with Crippen molar-refractivity contribution in [2.24, 2.45) is 5.92 Å². The van der Waals surface area contributed by atoms with E-state index in [1.807, 2.05) is 0 Å². The van der Waals surface area contributed by atoms with Crippen LogP contribution in [0, 0.1) is 5.92 Å². The summed E-state index contributed by atoms with van der Waals surface area (Å²) in [5.74, 6) is 0.646. The number of aliphatic hydroxyl groups is 2. The van der Waals surface area contributed by atoms with Gasteiger partial charge in [0, 0.05) is 0 Å². The van der Waals surface area contributed by atoms with Gasteiger partial charge < -0.3 is 10.2 Å². The van der Waals surface area contributed by atoms with E-state index in [0.717, 1.165) is 25.7 Å². The molecule has 1 fully saturated rings. The fraction of sp³-hybridized carbons (Fsp3) is 1.00. The SMILES string of the molecule is CCCC[C@](O)(CO)CC1CCCCC1. The lowest BCUT2D eigenvalue weighted by atomic mass is 9.79. The molecule has 90 valence electrons. The highest BCUT2D eigenvalue weighted by atomic mass is 16.3. The van der Waals surface area contributed by atoms with E-state index in [2.05, 4.69) is 6.92 Å². The lowest BCUT2D eigenvalue weighted by Gasteiger charge is -2.32. The zero-order chi connectivity index (χ0) is 11.1. The highest BCUT2D eigenvalue weighted by molar-refractivity contribution is 4.82. The van der Waals surface area contributed by atoms with Crippen LogP contribution in [0.5, 0.6) is 0 Å². The van der Waals surface area contributed by atoms with Crippen molar-refractivity contribution in [3.63, 3.8) is 0 Å². The van der Waals surface area contributed by atoms with Gasteiger partial charge in [0.25, 0.3) is 0 Å². The molecule has 0 aromatic heterocycles. The third-order valence-corrected chi connectivity index (χ3v) is 3.68. The van der Waals surface area contributed by atoms with Crippen LogP contribution >= 0.6 is 0 Å². The van der Waals surface area contributed by atoms with Gasteiger partial charge in [-0.1, -0.05) is 51.9 Å². The first-order valence-electron chi connectivity index (χ1n) is 6.53. The fourth-order valence-electron chi connectivity index (χ4n) is 2.68. The second kappa shape index (κ2) is 6.49. The van der Waals surface area contributed by atoms with Crippen LogP contribution in [0.3, 0.4) is 0 Å². The van der Waals surface area contributed by atoms with Crippen molar-refractivity contribution in [1.29, 1.82) is 0 Å². The predicted octanol–water partition coefficient (Wildman–Crippen LogP) is 2.87. The molecule has 0 aromatic rings. The summed E-state index contributed by atoms with van der Waals surface area (Å²) in [5.41, 5.74) is -0.794. The van der Waals surface area contributed by atoms with Gasteiger partial charge in [-0.3, -0.25) is 0 Å². The van der Waals surface area contributed by atoms with Gasteiger partial charge in [-0.15, -0.1) is 0 Å². The van der Waals surface area contributed by atoms with Crippen LogP contribution in [0.25, 0.3) is 0 Å². The molecule has 2 N–H and O–H groups in total. The molecule has 0 heterocycles. The number of aliphatic hydroxyl groups excluding tert-OH is 1. The zero-order valence-corrected chi connectivity index (χ0v) is 10.0. The summed E-state index contributed by atoms with van der Waals surface area (Å²) in [4.78, 5) is 0. The molecule has 15 heavy (non-hydrogen) atoms. The van der Waals surface area contributed by atoms with Crippen molar-refractivity contribution in [1.82, 2.24) is 0 Å². The summed E-state index contributed by atoms with van der Waals surface area (Å²) in [6.07, 6.45) is 10.1. The average Bonchev–Trinajstić information content (AvgIpc) is 2.28. The number of rotatable bonds is 6. The van der Waals surface area contributed by atoms with Gasteiger partial charge in [0.1, 0.15) is 0 Å². The van der Waals surface area contributed by atoms with E-state index in [1.54, 1.807) is 0 Å². The molecule has 2 nitrogen and oxygen atoms in total. The molecule has 0 unspecified atom stereocenters. The second-order valence-electron chi connectivity index (χ2n) is 5.19. The molecule has 0 radical (unpaired) electrons. The molecule has 0 spiro atoms. The van der Waals surface area contributed by atoms with Crippen LogP contribution in [-0.2, 0) is 0 Å². The maximum Gasteiger partial charge on any atom is 0.0880 e. The van der Waals surface area contributed by atoms with Gasteiger partial charge in [0.05, 0.1) is 12.2 Å². The van der Waals surface area contributed by atoms with Gasteiger partial charge in [0.2, 0.25) is 0 Å². The molecule has 0 aromatic carbocycles. The highest BCUT2D eigenvalue weighted by Crippen LogP contribution is 2.32. The summed E-state index contributed by atoms with van der Waals surface area (Å²) in [6, 6.07) is 0. The summed E-state index contributed by atoms with van der Waals surface area (Å²) in [5, 5.41) is 19.5. The molecule has 0 amide bonds. The molecular formula is C13H26O2. The Balaban J connectivity index is 2.35. The van der Waals surface area contributed by atoms with Crippen LogP contribution in [0.4, 0.5) is 0 Å². The zero-order valence-electron chi connectivity index (χ0n) is 10.0. The molecule has 0 bridgehead atoms. The smallest absolute Gasteiger partial charge is 0.0880 e. The van der Waals surface area contributed by atoms with Crippen LogP contribution in [-0.4, -0.2) is 22.4 Å². The Kier molecular flexibility index (Phi) is 5.62. The standard InChI is InChI=1S/C13H26O2/c1-2-3-9-13(15,11-14)10-12-7-5-4-6-8-12/h12,14-15H,2-11H2,1H3/t13-/m1/s1. The van der Waals surface area contributed by atoms with E-state index in [1.165, 1.54) is 32.1 Å². The van der Waals surface area contributed by atoms with Gasteiger partial charge in [-0.2, -0.15) is 0 Å². The molecule has 0 saturated heterocycles. The number of hydrogen-bond acceptors (Lipinski definition) is 2. The first-order chi connectivity index (χ1) is 7.20. The molecule has 0 aliphatic heterocycles. The number of unbranched alkanes of at least 4 members (excludes halogenated alkanes) is 1. The fourth-order valence-corrected chi connectivity index (χ4v) is 2.68. The van der Waals surface area contributed by atoms with E-state index in [4.69, 9.17) is 0 Å². The Hall–Kier alpha value is -0.0800. The van der Waals surface area contributed by atoms with E-state index in [0.29, 0.717) is 5.92 Å². The normalized spacial score (nSPS) is 22.6. The van der Waals surface area contributed by atoms with Crippen molar-refractivity contribution in [2.75, 3.05) is 6.61 Å². The monoisotopic (exact) mass is 214 g/mol. The van der Waals surface area contributed by atoms with Crippen LogP contribution in [0.15, 0.2) is 0 Å². The minimum atomic E-state index is -0.794. The Labute approximate surface area is 93.7 Å². The predicted molar refractivity (Wildman–Crippen MR) is 62.8 cm³/mol.